The molecule has 67 heavy (non-hydrogen) atoms. The Bertz CT molecular complexity index is 3500. The first-order valence-electron chi connectivity index (χ1n) is 27.5. The van der Waals surface area contributed by atoms with E-state index < -0.39 is 25.3 Å². The molecule has 0 saturated carbocycles. The molecule has 0 aliphatic carbocycles. The van der Waals surface area contributed by atoms with Crippen molar-refractivity contribution in [3.05, 3.63) is 166 Å². The molecule has 8 rings (SSSR count). The number of aromatic hydroxyl groups is 1. The molecule has 1 N–H and O–H groups in total. The first-order chi connectivity index (χ1) is 34.6. The van der Waals surface area contributed by atoms with Gasteiger partial charge in [0.25, 0.3) is 0 Å². The van der Waals surface area contributed by atoms with E-state index in [4.69, 9.17) is 22.3 Å². The van der Waals surface area contributed by atoms with Gasteiger partial charge < -0.3 is 5.11 Å². The fourth-order valence-electron chi connectivity index (χ4n) is 8.47. The van der Waals surface area contributed by atoms with Gasteiger partial charge in [-0.25, -0.2) is 4.98 Å². The number of rotatable bonds is 8. The maximum Gasteiger partial charge on any atom is 0.148 e. The predicted molar refractivity (Wildman–Crippen MR) is 280 cm³/mol. The predicted octanol–water partition coefficient (Wildman–Crippen LogP) is 17.0. The van der Waals surface area contributed by atoms with Crippen LogP contribution in [0, 0.1) is 19.8 Å². The molecule has 4 nitrogen and oxygen atoms in total. The van der Waals surface area contributed by atoms with Gasteiger partial charge in [-0.1, -0.05) is 179 Å². The van der Waals surface area contributed by atoms with Gasteiger partial charge in [-0.15, -0.1) is 29.3 Å². The van der Waals surface area contributed by atoms with E-state index in [1.165, 1.54) is 6.07 Å². The summed E-state index contributed by atoms with van der Waals surface area (Å²) in [5.74, 6) is 0.502. The third-order valence-corrected chi connectivity index (χ3v) is 12.7. The minimum Gasteiger partial charge on any atom is -0.507 e. The quantitative estimate of drug-likeness (QED) is 0.154. The third-order valence-electron chi connectivity index (χ3n) is 12.7. The summed E-state index contributed by atoms with van der Waals surface area (Å²) in [5, 5.41) is 12.4. The molecule has 0 fully saturated rings. The molecular formula is C62H68N3OPt-. The van der Waals surface area contributed by atoms with Gasteiger partial charge >= 0.3 is 0 Å². The first kappa shape index (κ1) is 38.4. The summed E-state index contributed by atoms with van der Waals surface area (Å²) < 4.78 is 79.1. The molecule has 2 aromatic heterocycles. The third kappa shape index (κ3) is 10.0. The van der Waals surface area contributed by atoms with E-state index in [-0.39, 0.29) is 78.1 Å². The summed E-state index contributed by atoms with van der Waals surface area (Å²) in [4.78, 5) is 10.2. The van der Waals surface area contributed by atoms with Crippen LogP contribution < -0.4 is 0 Å². The maximum absolute atomic E-state index is 12.4. The fourth-order valence-corrected chi connectivity index (χ4v) is 8.47. The topological polar surface area (TPSA) is 50.9 Å². The van der Waals surface area contributed by atoms with E-state index in [9.17, 15) is 5.11 Å². The number of aromatic nitrogens is 3. The molecule has 0 saturated heterocycles. The zero-order valence-electron chi connectivity index (χ0n) is 50.1. The van der Waals surface area contributed by atoms with Crippen molar-refractivity contribution in [2.75, 3.05) is 0 Å². The minimum atomic E-state index is -2.72. The molecule has 6 aromatic carbocycles. The smallest absolute Gasteiger partial charge is 0.148 e. The van der Waals surface area contributed by atoms with E-state index in [2.05, 4.69) is 106 Å². The molecule has 348 valence electrons. The van der Waals surface area contributed by atoms with Crippen LogP contribution in [0.15, 0.2) is 121 Å². The van der Waals surface area contributed by atoms with E-state index in [0.29, 0.717) is 56.1 Å². The van der Waals surface area contributed by atoms with Gasteiger partial charge in [0.2, 0.25) is 0 Å². The summed E-state index contributed by atoms with van der Waals surface area (Å²) in [7, 11) is 0. The number of hydrogen-bond donors (Lipinski definition) is 1. The largest absolute Gasteiger partial charge is 0.507 e. The Morgan fingerprint density at radius 2 is 1.30 bits per heavy atom. The summed E-state index contributed by atoms with van der Waals surface area (Å²) >= 11 is 0. The number of imidazole rings is 1. The van der Waals surface area contributed by atoms with Gasteiger partial charge in [0.15, 0.2) is 0 Å². The molecule has 8 aromatic rings. The molecule has 0 spiro atoms. The Morgan fingerprint density at radius 1 is 0.627 bits per heavy atom. The van der Waals surface area contributed by atoms with Crippen LogP contribution in [0.3, 0.4) is 0 Å². The van der Waals surface area contributed by atoms with Crippen LogP contribution in [-0.4, -0.2) is 19.6 Å². The van der Waals surface area contributed by atoms with E-state index in [1.807, 2.05) is 66.9 Å². The van der Waals surface area contributed by atoms with Crippen molar-refractivity contribution in [2.24, 2.45) is 0 Å². The number of fused-ring (bicyclic) bond motifs is 1. The molecule has 0 radical (unpaired) electrons. The van der Waals surface area contributed by atoms with Crippen molar-refractivity contribution < 1.29 is 38.5 Å². The van der Waals surface area contributed by atoms with Crippen LogP contribution in [0.2, 0.25) is 0 Å². The number of aryl methyl sites for hydroxylation is 1. The van der Waals surface area contributed by atoms with Crippen molar-refractivity contribution in [2.45, 2.75) is 132 Å². The van der Waals surface area contributed by atoms with Crippen molar-refractivity contribution >= 4 is 11.0 Å². The Hall–Kier alpha value is -5.57. The summed E-state index contributed by atoms with van der Waals surface area (Å²) in [6, 6.07) is 33.4. The average Bonchev–Trinajstić information content (AvgIpc) is 3.70. The Balaban J connectivity index is 0.00000840. The Morgan fingerprint density at radius 3 is 1.94 bits per heavy atom. The van der Waals surface area contributed by atoms with Gasteiger partial charge in [0.05, 0.1) is 26.4 Å². The number of nitrogens with zero attached hydrogens (tertiary/aromatic N) is 3. The number of para-hydroxylation sites is 1. The zero-order valence-corrected chi connectivity index (χ0v) is 43.3. The van der Waals surface area contributed by atoms with Crippen LogP contribution in [0.4, 0.5) is 0 Å². The standard InChI is InChI=1S/C62H68N3O.Pt/c1-37(2)44-33-52(38(3)4)58(66)53(34-44)59-64-57-51(46-28-47(32-48(31-46)60(7,8)9)54-35-43(25-26-63-54)41-21-19-39(5)20-22-41)17-16-18-56(57)65(59)55-24-23-42(27-40(55)6)45-29-49(61(10,11)12)36-50(30-45)62(13,14)15;/h16-27,29-38,66H,1-15H3;/q-1;/i5D3,6D3,19D,20D,21D;. The molecule has 5 heteroatoms. The van der Waals surface area contributed by atoms with Crippen LogP contribution in [0.1, 0.15) is 153 Å². The summed E-state index contributed by atoms with van der Waals surface area (Å²) in [6.07, 6.45) is 1.59. The number of phenols is 1. The van der Waals surface area contributed by atoms with Crippen LogP contribution >= 0.6 is 0 Å². The molecule has 0 bridgehead atoms. The fraction of sp³-hybridized carbons (Fsp3) is 0.323. The monoisotopic (exact) mass is 1070 g/mol. The second-order valence-electron chi connectivity index (χ2n) is 21.5. The van der Waals surface area contributed by atoms with Crippen molar-refractivity contribution in [3.8, 4) is 67.5 Å². The second-order valence-corrected chi connectivity index (χ2v) is 21.5. The molecule has 0 aliphatic heterocycles. The molecule has 0 atom stereocenters. The summed E-state index contributed by atoms with van der Waals surface area (Å²) in [6.45, 7) is 22.4. The van der Waals surface area contributed by atoms with Gasteiger partial charge in [-0.05, 0) is 122 Å². The minimum absolute atomic E-state index is 0. The molecular weight excluding hydrogens is 998 g/mol. The molecule has 0 amide bonds. The first-order valence-corrected chi connectivity index (χ1v) is 23.0. The number of benzene rings is 6. The van der Waals surface area contributed by atoms with Crippen LogP contribution in [0.25, 0.3) is 72.7 Å². The number of pyridine rings is 1. The van der Waals surface area contributed by atoms with Gasteiger partial charge in [0.1, 0.15) is 11.6 Å². The maximum atomic E-state index is 12.4. The van der Waals surface area contributed by atoms with Gasteiger partial charge in [-0.2, -0.15) is 0 Å². The second kappa shape index (κ2) is 18.5. The van der Waals surface area contributed by atoms with Crippen LogP contribution in [0.5, 0.6) is 5.75 Å². The van der Waals surface area contributed by atoms with Crippen molar-refractivity contribution in [3.63, 3.8) is 0 Å². The van der Waals surface area contributed by atoms with Crippen molar-refractivity contribution in [1.82, 2.24) is 14.5 Å². The SMILES string of the molecule is [2H]c1cc(-c2ccnc(-c3[c-]c(-c4cccc5c4nc(-c4cc(C(C)C)cc(C(C)C)c4O)n5-c4ccc(-c5cc(C(C)(C)C)cc(C(C)(C)C)c5)cc4C([2H])([2H])[2H])cc(C(C)(C)C)c3)c2)c([2H])c([2H])c1C([2H])([2H])[2H].[Pt]. The summed E-state index contributed by atoms with van der Waals surface area (Å²) in [5.41, 5.74) is 10.9. The van der Waals surface area contributed by atoms with Crippen molar-refractivity contribution in [1.29, 1.82) is 0 Å². The average molecular weight is 1080 g/mol. The Kier molecular flexibility index (Phi) is 10.6. The zero-order chi connectivity index (χ0) is 55.2. The molecule has 0 unspecified atom stereocenters. The van der Waals surface area contributed by atoms with Gasteiger partial charge in [-0.3, -0.25) is 9.55 Å². The molecule has 2 heterocycles. The number of phenolic OH excluding ortho intramolecular Hbond substituents is 1. The van der Waals surface area contributed by atoms with E-state index in [1.54, 1.807) is 24.4 Å². The van der Waals surface area contributed by atoms with Gasteiger partial charge in [0, 0.05) is 41.2 Å². The Labute approximate surface area is 427 Å². The number of hydrogen-bond acceptors (Lipinski definition) is 3. The van der Waals surface area contributed by atoms with E-state index >= 15 is 0 Å². The normalized spacial score (nSPS) is 14.6. The van der Waals surface area contributed by atoms with Crippen LogP contribution in [-0.2, 0) is 37.3 Å². The van der Waals surface area contributed by atoms with E-state index in [0.717, 1.165) is 38.9 Å². The molecule has 0 aliphatic rings.